The molecule has 1 aromatic rings. The Kier molecular flexibility index (Phi) is 5.32. The van der Waals surface area contributed by atoms with E-state index in [4.69, 9.17) is 11.6 Å². The normalized spacial score (nSPS) is 13.4. The minimum absolute atomic E-state index is 0.105. The predicted molar refractivity (Wildman–Crippen MR) is 69.1 cm³/mol. The second kappa shape index (κ2) is 6.32. The van der Waals surface area contributed by atoms with Crippen LogP contribution in [-0.2, 0) is 6.18 Å². The average molecular weight is 280 g/mol. The van der Waals surface area contributed by atoms with Crippen molar-refractivity contribution in [3.63, 3.8) is 0 Å². The molecule has 1 nitrogen and oxygen atoms in total. The van der Waals surface area contributed by atoms with Crippen molar-refractivity contribution >= 4 is 17.3 Å². The minimum atomic E-state index is -4.35. The van der Waals surface area contributed by atoms with E-state index in [1.807, 2.05) is 6.92 Å². The lowest BCUT2D eigenvalue weighted by atomic mass is 10.1. The molecular formula is C13H17ClF3N. The Labute approximate surface area is 110 Å². The zero-order valence-corrected chi connectivity index (χ0v) is 11.2. The number of rotatable bonds is 5. The van der Waals surface area contributed by atoms with Gasteiger partial charge in [-0.15, -0.1) is 0 Å². The van der Waals surface area contributed by atoms with Gasteiger partial charge >= 0.3 is 6.18 Å². The highest BCUT2D eigenvalue weighted by Crippen LogP contribution is 2.34. The predicted octanol–water partition coefficient (Wildman–Crippen LogP) is 5.35. The highest BCUT2D eigenvalue weighted by atomic mass is 35.5. The maximum Gasteiger partial charge on any atom is 0.416 e. The fourth-order valence-electron chi connectivity index (χ4n) is 1.66. The fourth-order valence-corrected chi connectivity index (χ4v) is 1.89. The number of halogens is 4. The molecule has 0 fully saturated rings. The van der Waals surface area contributed by atoms with Crippen molar-refractivity contribution in [2.24, 2.45) is 0 Å². The molecule has 0 amide bonds. The Morgan fingerprint density at radius 2 is 2.00 bits per heavy atom. The first-order valence-electron chi connectivity index (χ1n) is 5.98. The van der Waals surface area contributed by atoms with Crippen molar-refractivity contribution in [3.05, 3.63) is 28.8 Å². The Balaban J connectivity index is 2.74. The second-order valence-electron chi connectivity index (χ2n) is 4.38. The quantitative estimate of drug-likeness (QED) is 0.766. The van der Waals surface area contributed by atoms with Crippen LogP contribution in [0.2, 0.25) is 5.02 Å². The summed E-state index contributed by atoms with van der Waals surface area (Å²) in [7, 11) is 0. The van der Waals surface area contributed by atoms with Crippen LogP contribution in [-0.4, -0.2) is 6.04 Å². The van der Waals surface area contributed by atoms with Crippen LogP contribution in [0.4, 0.5) is 18.9 Å². The third-order valence-electron chi connectivity index (χ3n) is 2.69. The molecule has 0 aromatic heterocycles. The van der Waals surface area contributed by atoms with Gasteiger partial charge in [-0.05, 0) is 31.5 Å². The van der Waals surface area contributed by atoms with Crippen molar-refractivity contribution in [2.75, 3.05) is 5.32 Å². The molecular weight excluding hydrogens is 263 g/mol. The first-order chi connectivity index (χ1) is 8.34. The zero-order valence-electron chi connectivity index (χ0n) is 10.4. The monoisotopic (exact) mass is 279 g/mol. The van der Waals surface area contributed by atoms with Gasteiger partial charge in [-0.25, -0.2) is 0 Å². The molecule has 1 rings (SSSR count). The van der Waals surface area contributed by atoms with E-state index in [-0.39, 0.29) is 11.1 Å². The first kappa shape index (κ1) is 15.2. The fraction of sp³-hybridized carbons (Fsp3) is 0.538. The lowest BCUT2D eigenvalue weighted by Gasteiger charge is -2.17. The van der Waals surface area contributed by atoms with Crippen LogP contribution in [0.1, 0.15) is 38.7 Å². The Bertz CT molecular complexity index is 390. The van der Waals surface area contributed by atoms with E-state index in [9.17, 15) is 13.2 Å². The van der Waals surface area contributed by atoms with Gasteiger partial charge in [-0.3, -0.25) is 0 Å². The highest BCUT2D eigenvalue weighted by Gasteiger charge is 2.30. The van der Waals surface area contributed by atoms with E-state index in [0.717, 1.165) is 31.4 Å². The van der Waals surface area contributed by atoms with Gasteiger partial charge in [0.25, 0.3) is 0 Å². The summed E-state index contributed by atoms with van der Waals surface area (Å²) in [6, 6.07) is 3.57. The number of hydrogen-bond acceptors (Lipinski definition) is 1. The van der Waals surface area contributed by atoms with E-state index in [1.54, 1.807) is 0 Å². The number of hydrogen-bond donors (Lipinski definition) is 1. The minimum Gasteiger partial charge on any atom is -0.381 e. The van der Waals surface area contributed by atoms with Gasteiger partial charge in [0.1, 0.15) is 0 Å². The Morgan fingerprint density at radius 1 is 1.33 bits per heavy atom. The highest BCUT2D eigenvalue weighted by molar-refractivity contribution is 6.33. The third kappa shape index (κ3) is 4.41. The summed E-state index contributed by atoms with van der Waals surface area (Å²) in [5, 5.41) is 3.23. The van der Waals surface area contributed by atoms with Crippen LogP contribution in [0, 0.1) is 0 Å². The van der Waals surface area contributed by atoms with E-state index < -0.39 is 11.7 Å². The molecule has 0 saturated heterocycles. The van der Waals surface area contributed by atoms with E-state index in [1.165, 1.54) is 6.07 Å². The summed E-state index contributed by atoms with van der Waals surface area (Å²) in [5.74, 6) is 0. The molecule has 5 heteroatoms. The molecule has 1 N–H and O–H groups in total. The molecule has 0 radical (unpaired) electrons. The van der Waals surface area contributed by atoms with Gasteiger partial charge in [0.2, 0.25) is 0 Å². The van der Waals surface area contributed by atoms with Crippen LogP contribution >= 0.6 is 11.6 Å². The number of anilines is 1. The van der Waals surface area contributed by atoms with Crippen LogP contribution in [0.5, 0.6) is 0 Å². The average Bonchev–Trinajstić information content (AvgIpc) is 2.27. The SMILES string of the molecule is CCCCC(C)Nc1ccc(C(F)(F)F)cc1Cl. The molecule has 1 atom stereocenters. The summed E-state index contributed by atoms with van der Waals surface area (Å²) >= 11 is 5.85. The lowest BCUT2D eigenvalue weighted by molar-refractivity contribution is -0.137. The van der Waals surface area contributed by atoms with Gasteiger partial charge in [-0.2, -0.15) is 13.2 Å². The Hall–Kier alpha value is -0.900. The summed E-state index contributed by atoms with van der Waals surface area (Å²) in [6.45, 7) is 4.08. The van der Waals surface area contributed by atoms with Crippen LogP contribution < -0.4 is 5.32 Å². The van der Waals surface area contributed by atoms with E-state index in [0.29, 0.717) is 5.69 Å². The molecule has 0 aliphatic carbocycles. The van der Waals surface area contributed by atoms with E-state index >= 15 is 0 Å². The maximum atomic E-state index is 12.4. The summed E-state index contributed by atoms with van der Waals surface area (Å²) in [6.07, 6.45) is -1.22. The maximum absolute atomic E-state index is 12.4. The standard InChI is InChI=1S/C13H17ClF3N/c1-3-4-5-9(2)18-12-7-6-10(8-11(12)14)13(15,16)17/h6-9,18H,3-5H2,1-2H3. The summed E-state index contributed by atoms with van der Waals surface area (Å²) in [5.41, 5.74) is -0.174. The third-order valence-corrected chi connectivity index (χ3v) is 3.00. The van der Waals surface area contributed by atoms with Gasteiger partial charge in [0.05, 0.1) is 16.3 Å². The van der Waals surface area contributed by atoms with Crippen molar-refractivity contribution in [2.45, 2.75) is 45.3 Å². The molecule has 18 heavy (non-hydrogen) atoms. The molecule has 102 valence electrons. The van der Waals surface area contributed by atoms with Crippen molar-refractivity contribution in [3.8, 4) is 0 Å². The molecule has 0 saturated carbocycles. The second-order valence-corrected chi connectivity index (χ2v) is 4.79. The molecule has 0 bridgehead atoms. The smallest absolute Gasteiger partial charge is 0.381 e. The number of unbranched alkanes of at least 4 members (excludes halogenated alkanes) is 1. The summed E-state index contributed by atoms with van der Waals surface area (Å²) in [4.78, 5) is 0. The largest absolute Gasteiger partial charge is 0.416 e. The zero-order chi connectivity index (χ0) is 13.8. The molecule has 1 unspecified atom stereocenters. The molecule has 1 aromatic carbocycles. The van der Waals surface area contributed by atoms with Gasteiger partial charge in [-0.1, -0.05) is 31.4 Å². The van der Waals surface area contributed by atoms with Crippen LogP contribution in [0.3, 0.4) is 0 Å². The Morgan fingerprint density at radius 3 is 2.50 bits per heavy atom. The lowest BCUT2D eigenvalue weighted by Crippen LogP contribution is -2.15. The molecule has 0 aliphatic heterocycles. The van der Waals surface area contributed by atoms with Crippen LogP contribution in [0.25, 0.3) is 0 Å². The number of benzene rings is 1. The molecule has 0 heterocycles. The van der Waals surface area contributed by atoms with Crippen molar-refractivity contribution < 1.29 is 13.2 Å². The van der Waals surface area contributed by atoms with Crippen molar-refractivity contribution in [1.29, 1.82) is 0 Å². The first-order valence-corrected chi connectivity index (χ1v) is 6.35. The number of nitrogens with one attached hydrogen (secondary N) is 1. The van der Waals surface area contributed by atoms with Gasteiger partial charge < -0.3 is 5.32 Å². The van der Waals surface area contributed by atoms with Crippen LogP contribution in [0.15, 0.2) is 18.2 Å². The summed E-state index contributed by atoms with van der Waals surface area (Å²) < 4.78 is 37.3. The van der Waals surface area contributed by atoms with E-state index in [2.05, 4.69) is 12.2 Å². The van der Waals surface area contributed by atoms with Gasteiger partial charge in [0, 0.05) is 6.04 Å². The molecule has 0 aliphatic rings. The van der Waals surface area contributed by atoms with Crippen molar-refractivity contribution in [1.82, 2.24) is 0 Å². The topological polar surface area (TPSA) is 12.0 Å². The number of alkyl halides is 3. The van der Waals surface area contributed by atoms with Gasteiger partial charge in [0.15, 0.2) is 0 Å². The molecule has 0 spiro atoms.